The second-order valence-corrected chi connectivity index (χ2v) is 1.11. The largest absolute Gasteiger partial charge is 0.392 e. The Kier molecular flexibility index (Phi) is 2.39. The molecule has 0 rings (SSSR count). The fourth-order valence-electron chi connectivity index (χ4n) is 0.272. The number of nitrogens with two attached hydrogens (primary N) is 1. The van der Waals surface area contributed by atoms with E-state index in [2.05, 4.69) is 5.73 Å². The van der Waals surface area contributed by atoms with Crippen LogP contribution in [0.1, 0.15) is 0 Å². The number of carbonyl (C=O) groups is 1. The van der Waals surface area contributed by atoms with Gasteiger partial charge in [-0.1, -0.05) is 0 Å². The van der Waals surface area contributed by atoms with Gasteiger partial charge in [0.25, 0.3) is 0 Å². The van der Waals surface area contributed by atoms with Crippen LogP contribution in [0.15, 0.2) is 0 Å². The summed E-state index contributed by atoms with van der Waals surface area (Å²) >= 11 is 0. The number of amides is 2. The first kappa shape index (κ1) is 7.63. The molecule has 52 valence electrons. The highest BCUT2D eigenvalue weighted by molar-refractivity contribution is 5.69. The highest BCUT2D eigenvalue weighted by atomic mass is 16.7. The van der Waals surface area contributed by atoms with Crippen molar-refractivity contribution in [2.45, 2.75) is 0 Å². The van der Waals surface area contributed by atoms with Crippen LogP contribution in [-0.2, 0) is 0 Å². The second-order valence-electron chi connectivity index (χ2n) is 1.11. The molecule has 0 aliphatic carbocycles. The van der Waals surface area contributed by atoms with Crippen molar-refractivity contribution < 1.29 is 9.83 Å². The number of hydrogen-bond acceptors (Lipinski definition) is 4. The van der Waals surface area contributed by atoms with E-state index in [9.17, 15) is 14.9 Å². The molecular formula is C2H6N4O3. The molecule has 3 N–H and O–H groups in total. The minimum atomic E-state index is -1.15. The standard InChI is InChI=1S/C2H6N4O3/c1-4-5(2(3)7)6(8)9/h4H,1H3,(H2,3,7). The molecule has 0 aromatic heterocycles. The highest BCUT2D eigenvalue weighted by Gasteiger charge is 2.17. The van der Waals surface area contributed by atoms with Gasteiger partial charge < -0.3 is 5.73 Å². The summed E-state index contributed by atoms with van der Waals surface area (Å²) in [5.41, 5.74) is 6.49. The fraction of sp³-hybridized carbons (Fsp3) is 0.500. The van der Waals surface area contributed by atoms with Crippen LogP contribution in [-0.4, -0.2) is 23.2 Å². The van der Waals surface area contributed by atoms with Crippen molar-refractivity contribution >= 4 is 6.03 Å². The van der Waals surface area contributed by atoms with Crippen molar-refractivity contribution in [3.63, 3.8) is 0 Å². The van der Waals surface area contributed by atoms with Gasteiger partial charge in [0, 0.05) is 12.2 Å². The predicted octanol–water partition coefficient (Wildman–Crippen LogP) is -1.31. The van der Waals surface area contributed by atoms with E-state index >= 15 is 0 Å². The molecule has 0 aromatic rings. The van der Waals surface area contributed by atoms with Crippen molar-refractivity contribution in [1.29, 1.82) is 0 Å². The lowest BCUT2D eigenvalue weighted by atomic mass is 11.1. The summed E-state index contributed by atoms with van der Waals surface area (Å²) in [7, 11) is 1.22. The SMILES string of the molecule is CNN(C(N)=O)[N+](=O)[O-]. The quantitative estimate of drug-likeness (QED) is 0.361. The summed E-state index contributed by atoms with van der Waals surface area (Å²) in [5.74, 6) is 0. The number of hydrazine groups is 2. The zero-order valence-corrected chi connectivity index (χ0v) is 4.70. The summed E-state index contributed by atoms with van der Waals surface area (Å²) in [4.78, 5) is 19.8. The lowest BCUT2D eigenvalue weighted by Gasteiger charge is -2.04. The molecule has 0 aliphatic heterocycles. The summed E-state index contributed by atoms with van der Waals surface area (Å²) < 4.78 is 0. The maximum atomic E-state index is 10.0. The van der Waals surface area contributed by atoms with Crippen molar-refractivity contribution in [2.75, 3.05) is 7.05 Å². The zero-order valence-electron chi connectivity index (χ0n) is 4.70. The van der Waals surface area contributed by atoms with Crippen LogP contribution in [0.3, 0.4) is 0 Å². The molecule has 0 saturated carbocycles. The van der Waals surface area contributed by atoms with Crippen molar-refractivity contribution in [1.82, 2.24) is 10.5 Å². The Morgan fingerprint density at radius 3 is 2.33 bits per heavy atom. The molecule has 0 unspecified atom stereocenters. The van der Waals surface area contributed by atoms with E-state index in [0.717, 1.165) is 0 Å². The maximum Gasteiger partial charge on any atom is 0.392 e. The van der Waals surface area contributed by atoms with Gasteiger partial charge in [0.15, 0.2) is 5.03 Å². The number of rotatable bonds is 2. The van der Waals surface area contributed by atoms with Gasteiger partial charge in [0.1, 0.15) is 0 Å². The summed E-state index contributed by atoms with van der Waals surface area (Å²) in [6.45, 7) is 0. The molecule has 0 fully saturated rings. The molecule has 0 aliphatic rings. The molecule has 9 heavy (non-hydrogen) atoms. The topological polar surface area (TPSA) is 102 Å². The van der Waals surface area contributed by atoms with E-state index < -0.39 is 11.1 Å². The van der Waals surface area contributed by atoms with Crippen molar-refractivity contribution in [3.8, 4) is 0 Å². The van der Waals surface area contributed by atoms with Crippen molar-refractivity contribution in [3.05, 3.63) is 10.1 Å². The molecule has 0 heterocycles. The molecular weight excluding hydrogens is 128 g/mol. The van der Waals surface area contributed by atoms with E-state index in [4.69, 9.17) is 0 Å². The predicted molar refractivity (Wildman–Crippen MR) is 27.5 cm³/mol. The fourth-order valence-corrected chi connectivity index (χ4v) is 0.272. The second kappa shape index (κ2) is 2.82. The molecule has 0 saturated heterocycles. The number of nitrogens with zero attached hydrogens (tertiary/aromatic N) is 2. The van der Waals surface area contributed by atoms with Gasteiger partial charge in [-0.15, -0.1) is 0 Å². The Morgan fingerprint density at radius 2 is 2.33 bits per heavy atom. The third-order valence-corrected chi connectivity index (χ3v) is 0.584. The van der Waals surface area contributed by atoms with Gasteiger partial charge in [0.05, 0.1) is 0 Å². The Bertz CT molecular complexity index is 120. The zero-order chi connectivity index (χ0) is 7.44. The van der Waals surface area contributed by atoms with Crippen LogP contribution in [0.4, 0.5) is 4.79 Å². The minimum absolute atomic E-state index is 0.0694. The molecule has 0 radical (unpaired) electrons. The van der Waals surface area contributed by atoms with Crippen LogP contribution in [0.25, 0.3) is 0 Å². The summed E-state index contributed by atoms with van der Waals surface area (Å²) in [6, 6.07) is -1.15. The van der Waals surface area contributed by atoms with Gasteiger partial charge in [-0.2, -0.15) is 5.43 Å². The van der Waals surface area contributed by atoms with E-state index in [0.29, 0.717) is 0 Å². The molecule has 2 amide bonds. The average Bonchev–Trinajstić information content (AvgIpc) is 1.64. The van der Waals surface area contributed by atoms with Gasteiger partial charge in [-0.25, -0.2) is 14.9 Å². The number of nitro groups is 1. The first-order valence-electron chi connectivity index (χ1n) is 2.01. The lowest BCUT2D eigenvalue weighted by molar-refractivity contribution is -0.645. The van der Waals surface area contributed by atoms with Gasteiger partial charge in [0.2, 0.25) is 0 Å². The normalized spacial score (nSPS) is 8.56. The van der Waals surface area contributed by atoms with E-state index in [1.54, 1.807) is 0 Å². The number of nitrogens with one attached hydrogen (secondary N) is 1. The van der Waals surface area contributed by atoms with Gasteiger partial charge >= 0.3 is 6.03 Å². The third kappa shape index (κ3) is 1.91. The summed E-state index contributed by atoms with van der Waals surface area (Å²) in [6.07, 6.45) is 0. The third-order valence-electron chi connectivity index (χ3n) is 0.584. The Balaban J connectivity index is 3.99. The number of carbonyl (C=O) groups excluding carboxylic acids is 1. The van der Waals surface area contributed by atoms with Gasteiger partial charge in [-0.05, 0) is 0 Å². The summed E-state index contributed by atoms with van der Waals surface area (Å²) in [5, 5.41) is 8.85. The minimum Gasteiger partial charge on any atom is -0.346 e. The number of hydrogen-bond donors (Lipinski definition) is 2. The van der Waals surface area contributed by atoms with Crippen LogP contribution < -0.4 is 11.2 Å². The molecule has 0 bridgehead atoms. The molecule has 7 heteroatoms. The van der Waals surface area contributed by atoms with Crippen molar-refractivity contribution in [2.24, 2.45) is 5.73 Å². The Morgan fingerprint density at radius 1 is 1.89 bits per heavy atom. The highest BCUT2D eigenvalue weighted by Crippen LogP contribution is 1.77. The van der Waals surface area contributed by atoms with Gasteiger partial charge in [-0.3, -0.25) is 0 Å². The van der Waals surface area contributed by atoms with E-state index in [1.165, 1.54) is 7.05 Å². The molecule has 7 nitrogen and oxygen atoms in total. The van der Waals surface area contributed by atoms with Crippen LogP contribution in [0.2, 0.25) is 0 Å². The number of primary amides is 1. The smallest absolute Gasteiger partial charge is 0.346 e. The first-order chi connectivity index (χ1) is 4.09. The Hall–Kier alpha value is -1.37. The molecule has 0 spiro atoms. The molecule has 0 atom stereocenters. The van der Waals surface area contributed by atoms with E-state index in [-0.39, 0.29) is 5.12 Å². The average molecular weight is 134 g/mol. The Labute approximate surface area is 50.5 Å². The maximum absolute atomic E-state index is 10.0. The monoisotopic (exact) mass is 134 g/mol. The lowest BCUT2D eigenvalue weighted by Crippen LogP contribution is -2.47. The van der Waals surface area contributed by atoms with Crippen LogP contribution >= 0.6 is 0 Å². The first-order valence-corrected chi connectivity index (χ1v) is 2.01. The van der Waals surface area contributed by atoms with Crippen LogP contribution in [0, 0.1) is 10.1 Å². The van der Waals surface area contributed by atoms with Crippen LogP contribution in [0.5, 0.6) is 0 Å². The van der Waals surface area contributed by atoms with E-state index in [1.807, 2.05) is 5.43 Å². The molecule has 0 aromatic carbocycles. The number of urea groups is 1.